The molecule has 112 valence electrons. The van der Waals surface area contributed by atoms with Crippen molar-refractivity contribution >= 4 is 15.7 Å². The van der Waals surface area contributed by atoms with E-state index in [0.717, 1.165) is 6.26 Å². The van der Waals surface area contributed by atoms with Crippen molar-refractivity contribution in [2.24, 2.45) is 0 Å². The molecule has 1 heterocycles. The molecule has 1 unspecified atom stereocenters. The van der Waals surface area contributed by atoms with Gasteiger partial charge in [0.2, 0.25) is 5.91 Å². The zero-order valence-electron chi connectivity index (χ0n) is 10.8. The smallest absolute Gasteiger partial charge is 0.339 e. The molecule has 5 nitrogen and oxygen atoms in total. The molecule has 1 saturated heterocycles. The SMILES string of the molecule is CC1CN(C(=O)CS(C)(=O)=O)CCN1CC(F)(F)F. The molecule has 9 heteroatoms. The third-order valence-corrected chi connectivity index (χ3v) is 3.66. The summed E-state index contributed by atoms with van der Waals surface area (Å²) in [7, 11) is -3.42. The number of carbonyl (C=O) groups excluding carboxylic acids is 1. The normalized spacial score (nSPS) is 22.6. The Balaban J connectivity index is 2.56. The van der Waals surface area contributed by atoms with Gasteiger partial charge in [-0.05, 0) is 6.92 Å². The van der Waals surface area contributed by atoms with Gasteiger partial charge in [-0.15, -0.1) is 0 Å². The zero-order chi connectivity index (χ0) is 14.8. The maximum absolute atomic E-state index is 12.3. The van der Waals surface area contributed by atoms with Gasteiger partial charge in [-0.25, -0.2) is 8.42 Å². The number of sulfone groups is 1. The summed E-state index contributed by atoms with van der Waals surface area (Å²) in [5.74, 6) is -1.15. The summed E-state index contributed by atoms with van der Waals surface area (Å²) in [5.41, 5.74) is 0. The van der Waals surface area contributed by atoms with Crippen LogP contribution < -0.4 is 0 Å². The van der Waals surface area contributed by atoms with Crippen LogP contribution in [0.5, 0.6) is 0 Å². The first kappa shape index (κ1) is 16.2. The first-order chi connectivity index (χ1) is 8.48. The van der Waals surface area contributed by atoms with Crippen LogP contribution in [-0.2, 0) is 14.6 Å². The van der Waals surface area contributed by atoms with E-state index in [1.807, 2.05) is 0 Å². The third kappa shape index (κ3) is 5.77. The van der Waals surface area contributed by atoms with Crippen LogP contribution in [0.3, 0.4) is 0 Å². The summed E-state index contributed by atoms with van der Waals surface area (Å²) in [6, 6.07) is -0.445. The first-order valence-electron chi connectivity index (χ1n) is 5.74. The van der Waals surface area contributed by atoms with Crippen LogP contribution in [0, 0.1) is 0 Å². The van der Waals surface area contributed by atoms with Crippen LogP contribution >= 0.6 is 0 Å². The summed E-state index contributed by atoms with van der Waals surface area (Å²) >= 11 is 0. The zero-order valence-corrected chi connectivity index (χ0v) is 11.6. The van der Waals surface area contributed by atoms with E-state index in [9.17, 15) is 26.4 Å². The molecule has 1 aliphatic heterocycles. The molecule has 1 rings (SSSR count). The van der Waals surface area contributed by atoms with Gasteiger partial charge in [0, 0.05) is 31.9 Å². The molecule has 0 aliphatic carbocycles. The Labute approximate surface area is 110 Å². The van der Waals surface area contributed by atoms with Crippen LogP contribution in [0.2, 0.25) is 0 Å². The lowest BCUT2D eigenvalue weighted by atomic mass is 10.2. The van der Waals surface area contributed by atoms with Gasteiger partial charge in [-0.2, -0.15) is 13.2 Å². The molecular formula is C10H17F3N2O3S. The van der Waals surface area contributed by atoms with E-state index in [1.165, 1.54) is 9.80 Å². The molecule has 0 N–H and O–H groups in total. The van der Waals surface area contributed by atoms with Crippen LogP contribution in [0.15, 0.2) is 0 Å². The van der Waals surface area contributed by atoms with Gasteiger partial charge in [0.15, 0.2) is 9.84 Å². The van der Waals surface area contributed by atoms with E-state index in [2.05, 4.69) is 0 Å². The second-order valence-corrected chi connectivity index (χ2v) is 6.98. The molecule has 0 bridgehead atoms. The molecule has 0 spiro atoms. The van der Waals surface area contributed by atoms with Gasteiger partial charge in [0.25, 0.3) is 0 Å². The summed E-state index contributed by atoms with van der Waals surface area (Å²) in [6.45, 7) is 0.906. The lowest BCUT2D eigenvalue weighted by molar-refractivity contribution is -0.157. The van der Waals surface area contributed by atoms with Crippen molar-refractivity contribution in [3.63, 3.8) is 0 Å². The highest BCUT2D eigenvalue weighted by atomic mass is 32.2. The fraction of sp³-hybridized carbons (Fsp3) is 0.900. The maximum atomic E-state index is 12.3. The van der Waals surface area contributed by atoms with E-state index in [4.69, 9.17) is 0 Å². The highest BCUT2D eigenvalue weighted by molar-refractivity contribution is 7.91. The predicted molar refractivity (Wildman–Crippen MR) is 63.4 cm³/mol. The summed E-state index contributed by atoms with van der Waals surface area (Å²) in [4.78, 5) is 14.2. The standard InChI is InChI=1S/C10H17F3N2O3S/c1-8-5-14(9(16)6-19(2,17)18)3-4-15(8)7-10(11,12)13/h8H,3-7H2,1-2H3. The lowest BCUT2D eigenvalue weighted by Gasteiger charge is -2.40. The van der Waals surface area contributed by atoms with Crippen molar-refractivity contribution in [1.82, 2.24) is 9.80 Å². The van der Waals surface area contributed by atoms with Crippen molar-refractivity contribution in [2.45, 2.75) is 19.1 Å². The number of carbonyl (C=O) groups is 1. The maximum Gasteiger partial charge on any atom is 0.401 e. The molecule has 1 aliphatic rings. The highest BCUT2D eigenvalue weighted by Crippen LogP contribution is 2.20. The van der Waals surface area contributed by atoms with Crippen molar-refractivity contribution in [3.05, 3.63) is 0 Å². The number of amides is 1. The number of rotatable bonds is 3. The van der Waals surface area contributed by atoms with Gasteiger partial charge < -0.3 is 4.90 Å². The minimum atomic E-state index is -4.27. The van der Waals surface area contributed by atoms with E-state index in [1.54, 1.807) is 6.92 Å². The minimum absolute atomic E-state index is 0.0934. The molecule has 0 saturated carbocycles. The van der Waals surface area contributed by atoms with Crippen molar-refractivity contribution in [3.8, 4) is 0 Å². The number of halogens is 3. The second kappa shape index (κ2) is 5.66. The molecule has 0 aromatic rings. The highest BCUT2D eigenvalue weighted by Gasteiger charge is 2.36. The fourth-order valence-electron chi connectivity index (χ4n) is 2.00. The van der Waals surface area contributed by atoms with Crippen LogP contribution in [0.25, 0.3) is 0 Å². The fourth-order valence-corrected chi connectivity index (χ4v) is 2.63. The Morgan fingerprint density at radius 1 is 1.32 bits per heavy atom. The van der Waals surface area contributed by atoms with Crippen LogP contribution in [-0.4, -0.2) is 74.5 Å². The second-order valence-electron chi connectivity index (χ2n) is 4.84. The van der Waals surface area contributed by atoms with Crippen LogP contribution in [0.1, 0.15) is 6.92 Å². The quantitative estimate of drug-likeness (QED) is 0.743. The van der Waals surface area contributed by atoms with E-state index in [-0.39, 0.29) is 19.6 Å². The van der Waals surface area contributed by atoms with Crippen LogP contribution in [0.4, 0.5) is 13.2 Å². The molecule has 0 aromatic heterocycles. The Morgan fingerprint density at radius 3 is 2.32 bits per heavy atom. The third-order valence-electron chi connectivity index (χ3n) is 2.89. The summed E-state index contributed by atoms with van der Waals surface area (Å²) in [6.07, 6.45) is -3.32. The van der Waals surface area contributed by atoms with Crippen molar-refractivity contribution in [2.75, 3.05) is 38.2 Å². The van der Waals surface area contributed by atoms with E-state index in [0.29, 0.717) is 0 Å². The number of hydrogen-bond acceptors (Lipinski definition) is 4. The van der Waals surface area contributed by atoms with Crippen molar-refractivity contribution in [1.29, 1.82) is 0 Å². The van der Waals surface area contributed by atoms with E-state index < -0.39 is 40.3 Å². The predicted octanol–water partition coefficient (Wildman–Crippen LogP) is 0.126. The molecule has 1 atom stereocenters. The van der Waals surface area contributed by atoms with Gasteiger partial charge in [-0.3, -0.25) is 9.69 Å². The lowest BCUT2D eigenvalue weighted by Crippen LogP contribution is -2.56. The number of piperazine rings is 1. The topological polar surface area (TPSA) is 57.7 Å². The Hall–Kier alpha value is -0.830. The molecule has 1 fully saturated rings. The Kier molecular flexibility index (Phi) is 4.83. The molecule has 1 amide bonds. The van der Waals surface area contributed by atoms with Gasteiger partial charge in [-0.1, -0.05) is 0 Å². The van der Waals surface area contributed by atoms with Gasteiger partial charge in [0.05, 0.1) is 6.54 Å². The Morgan fingerprint density at radius 2 is 1.89 bits per heavy atom. The molecule has 0 radical (unpaired) electrons. The summed E-state index contributed by atoms with van der Waals surface area (Å²) < 4.78 is 58.9. The van der Waals surface area contributed by atoms with E-state index >= 15 is 0 Å². The minimum Gasteiger partial charge on any atom is -0.339 e. The first-order valence-corrected chi connectivity index (χ1v) is 7.80. The van der Waals surface area contributed by atoms with Crippen molar-refractivity contribution < 1.29 is 26.4 Å². The largest absolute Gasteiger partial charge is 0.401 e. The molecule has 0 aromatic carbocycles. The van der Waals surface area contributed by atoms with Gasteiger partial charge >= 0.3 is 6.18 Å². The summed E-state index contributed by atoms with van der Waals surface area (Å²) in [5, 5.41) is 0. The monoisotopic (exact) mass is 302 g/mol. The number of alkyl halides is 3. The molecule has 19 heavy (non-hydrogen) atoms. The molecular weight excluding hydrogens is 285 g/mol. The number of nitrogens with zero attached hydrogens (tertiary/aromatic N) is 2. The average molecular weight is 302 g/mol. The Bertz CT molecular complexity index is 436. The average Bonchev–Trinajstić information content (AvgIpc) is 2.16. The van der Waals surface area contributed by atoms with Gasteiger partial charge in [0.1, 0.15) is 5.75 Å². The number of hydrogen-bond donors (Lipinski definition) is 0.